The molecule has 0 saturated heterocycles. The van der Waals surface area contributed by atoms with Crippen LogP contribution in [-0.4, -0.2) is 17.0 Å². The number of nitrogens with zero attached hydrogens (tertiary/aromatic N) is 1. The summed E-state index contributed by atoms with van der Waals surface area (Å²) in [6, 6.07) is 3.01. The van der Waals surface area contributed by atoms with Crippen molar-refractivity contribution in [2.24, 2.45) is 24.6 Å². The molecule has 0 aromatic carbocycles. The van der Waals surface area contributed by atoms with Gasteiger partial charge in [0.1, 0.15) is 0 Å². The lowest BCUT2D eigenvalue weighted by molar-refractivity contribution is -0.120. The van der Waals surface area contributed by atoms with Crippen LogP contribution in [0.15, 0.2) is 23.1 Å². The molecule has 1 heterocycles. The predicted molar refractivity (Wildman–Crippen MR) is 67.7 cm³/mol. The van der Waals surface area contributed by atoms with E-state index in [1.54, 1.807) is 19.3 Å². The first-order chi connectivity index (χ1) is 7.95. The van der Waals surface area contributed by atoms with Crippen LogP contribution in [0.2, 0.25) is 0 Å². The van der Waals surface area contributed by atoms with Crippen molar-refractivity contribution in [2.45, 2.75) is 13.8 Å². The van der Waals surface area contributed by atoms with Crippen molar-refractivity contribution in [3.05, 3.63) is 28.7 Å². The molecule has 1 amide bonds. The number of nitrogens with one attached hydrogen (secondary N) is 1. The van der Waals surface area contributed by atoms with Gasteiger partial charge in [-0.15, -0.1) is 0 Å². The molecular formula is C12H19N3O2. The molecule has 0 aliphatic heterocycles. The number of carbonyl (C=O) groups is 1. The SMILES string of the molecule is CC(C)C(CN)C(=O)Nc1ccc(=O)n(C)c1. The second kappa shape index (κ2) is 5.63. The minimum absolute atomic E-state index is 0.109. The van der Waals surface area contributed by atoms with Gasteiger partial charge in [0.05, 0.1) is 11.6 Å². The van der Waals surface area contributed by atoms with Crippen molar-refractivity contribution < 1.29 is 4.79 Å². The molecular weight excluding hydrogens is 218 g/mol. The van der Waals surface area contributed by atoms with Crippen molar-refractivity contribution in [3.63, 3.8) is 0 Å². The second-order valence-electron chi connectivity index (χ2n) is 4.44. The molecule has 0 aliphatic rings. The highest BCUT2D eigenvalue weighted by Gasteiger charge is 2.20. The zero-order chi connectivity index (χ0) is 13.0. The van der Waals surface area contributed by atoms with Crippen molar-refractivity contribution in [2.75, 3.05) is 11.9 Å². The Bertz CT molecular complexity index is 451. The number of hydrogen-bond acceptors (Lipinski definition) is 3. The van der Waals surface area contributed by atoms with Gasteiger partial charge < -0.3 is 15.6 Å². The summed E-state index contributed by atoms with van der Waals surface area (Å²) in [7, 11) is 1.64. The lowest BCUT2D eigenvalue weighted by atomic mass is 9.95. The molecule has 0 saturated carbocycles. The molecule has 1 unspecified atom stereocenters. The van der Waals surface area contributed by atoms with Crippen LogP contribution in [0.4, 0.5) is 5.69 Å². The first kappa shape index (κ1) is 13.4. The van der Waals surface area contributed by atoms with Gasteiger partial charge in [0.2, 0.25) is 11.5 Å². The quantitative estimate of drug-likeness (QED) is 0.803. The Morgan fingerprint density at radius 1 is 1.47 bits per heavy atom. The fourth-order valence-corrected chi connectivity index (χ4v) is 1.58. The van der Waals surface area contributed by atoms with Crippen molar-refractivity contribution >= 4 is 11.6 Å². The van der Waals surface area contributed by atoms with Gasteiger partial charge in [-0.2, -0.15) is 0 Å². The van der Waals surface area contributed by atoms with Gasteiger partial charge in [0.15, 0.2) is 0 Å². The van der Waals surface area contributed by atoms with Crippen molar-refractivity contribution in [1.29, 1.82) is 0 Å². The summed E-state index contributed by atoms with van der Waals surface area (Å²) in [4.78, 5) is 23.1. The molecule has 1 aromatic heterocycles. The molecule has 0 fully saturated rings. The molecule has 3 N–H and O–H groups in total. The number of hydrogen-bond donors (Lipinski definition) is 2. The number of aromatic nitrogens is 1. The first-order valence-electron chi connectivity index (χ1n) is 5.63. The van der Waals surface area contributed by atoms with Crippen LogP contribution in [0.3, 0.4) is 0 Å². The Labute approximate surface area is 101 Å². The fourth-order valence-electron chi connectivity index (χ4n) is 1.58. The zero-order valence-corrected chi connectivity index (χ0v) is 10.4. The van der Waals surface area contributed by atoms with Crippen LogP contribution in [0.1, 0.15) is 13.8 Å². The summed E-state index contributed by atoms with van der Waals surface area (Å²) in [5, 5.41) is 2.76. The number of carbonyl (C=O) groups excluding carboxylic acids is 1. The molecule has 94 valence electrons. The second-order valence-corrected chi connectivity index (χ2v) is 4.44. The molecule has 5 nitrogen and oxygen atoms in total. The fraction of sp³-hybridized carbons (Fsp3) is 0.500. The molecule has 0 spiro atoms. The Kier molecular flexibility index (Phi) is 4.45. The highest BCUT2D eigenvalue weighted by Crippen LogP contribution is 2.12. The van der Waals surface area contributed by atoms with Gasteiger partial charge >= 0.3 is 0 Å². The lowest BCUT2D eigenvalue weighted by Crippen LogP contribution is -2.33. The van der Waals surface area contributed by atoms with E-state index in [9.17, 15) is 9.59 Å². The number of amides is 1. The minimum atomic E-state index is -0.216. The Balaban J connectivity index is 2.80. The average Bonchev–Trinajstić information content (AvgIpc) is 2.24. The first-order valence-corrected chi connectivity index (χ1v) is 5.63. The van der Waals surface area contributed by atoms with Crippen LogP contribution in [-0.2, 0) is 11.8 Å². The van der Waals surface area contributed by atoms with Crippen LogP contribution in [0, 0.1) is 11.8 Å². The molecule has 1 aromatic rings. The van der Waals surface area contributed by atoms with E-state index < -0.39 is 0 Å². The van der Waals surface area contributed by atoms with E-state index in [2.05, 4.69) is 5.32 Å². The maximum atomic E-state index is 11.9. The smallest absolute Gasteiger partial charge is 0.250 e. The number of rotatable bonds is 4. The number of anilines is 1. The molecule has 0 aliphatic carbocycles. The van der Waals surface area contributed by atoms with E-state index in [-0.39, 0.29) is 23.3 Å². The molecule has 0 bridgehead atoms. The molecule has 1 rings (SSSR count). The maximum absolute atomic E-state index is 11.9. The summed E-state index contributed by atoms with van der Waals surface area (Å²) < 4.78 is 1.42. The van der Waals surface area contributed by atoms with Gasteiger partial charge in [-0.05, 0) is 12.0 Å². The van der Waals surface area contributed by atoms with E-state index in [4.69, 9.17) is 5.73 Å². The summed E-state index contributed by atoms with van der Waals surface area (Å²) in [6.45, 7) is 4.23. The topological polar surface area (TPSA) is 77.1 Å². The molecule has 0 radical (unpaired) electrons. The van der Waals surface area contributed by atoms with Gasteiger partial charge in [0.25, 0.3) is 0 Å². The van der Waals surface area contributed by atoms with Crippen LogP contribution in [0.5, 0.6) is 0 Å². The van der Waals surface area contributed by atoms with Crippen molar-refractivity contribution in [1.82, 2.24) is 4.57 Å². The Hall–Kier alpha value is -1.62. The van der Waals surface area contributed by atoms with Crippen molar-refractivity contribution in [3.8, 4) is 0 Å². The van der Waals surface area contributed by atoms with Gasteiger partial charge in [-0.3, -0.25) is 9.59 Å². The van der Waals surface area contributed by atoms with E-state index in [0.29, 0.717) is 12.2 Å². The normalized spacial score (nSPS) is 12.5. The number of nitrogens with two attached hydrogens (primary N) is 1. The Morgan fingerprint density at radius 2 is 2.12 bits per heavy atom. The predicted octanol–water partition coefficient (Wildman–Crippen LogP) is 0.555. The number of pyridine rings is 1. The summed E-state index contributed by atoms with van der Waals surface area (Å²) in [5.74, 6) is -0.138. The van der Waals surface area contributed by atoms with Gasteiger partial charge in [0, 0.05) is 25.9 Å². The molecule has 1 atom stereocenters. The summed E-state index contributed by atoms with van der Waals surface area (Å²) >= 11 is 0. The van der Waals surface area contributed by atoms with Gasteiger partial charge in [-0.1, -0.05) is 13.8 Å². The third-order valence-electron chi connectivity index (χ3n) is 2.75. The summed E-state index contributed by atoms with van der Waals surface area (Å²) in [6.07, 6.45) is 1.59. The van der Waals surface area contributed by atoms with Crippen LogP contribution >= 0.6 is 0 Å². The van der Waals surface area contributed by atoms with Crippen LogP contribution in [0.25, 0.3) is 0 Å². The van der Waals surface area contributed by atoms with E-state index in [1.165, 1.54) is 10.6 Å². The minimum Gasteiger partial charge on any atom is -0.330 e. The maximum Gasteiger partial charge on any atom is 0.250 e. The third kappa shape index (κ3) is 3.42. The largest absolute Gasteiger partial charge is 0.330 e. The summed E-state index contributed by atoms with van der Waals surface area (Å²) in [5.41, 5.74) is 6.06. The lowest BCUT2D eigenvalue weighted by Gasteiger charge is -2.18. The van der Waals surface area contributed by atoms with E-state index >= 15 is 0 Å². The Morgan fingerprint density at radius 3 is 2.59 bits per heavy atom. The van der Waals surface area contributed by atoms with Gasteiger partial charge in [-0.25, -0.2) is 0 Å². The van der Waals surface area contributed by atoms with Crippen LogP contribution < -0.4 is 16.6 Å². The average molecular weight is 237 g/mol. The van der Waals surface area contributed by atoms with E-state index in [0.717, 1.165) is 0 Å². The van der Waals surface area contributed by atoms with E-state index in [1.807, 2.05) is 13.8 Å². The standard InChI is InChI=1S/C12H19N3O2/c1-8(2)10(6-13)12(17)14-9-4-5-11(16)15(3)7-9/h4-5,7-8,10H,6,13H2,1-3H3,(H,14,17). The third-order valence-corrected chi connectivity index (χ3v) is 2.75. The molecule has 5 heteroatoms. The highest BCUT2D eigenvalue weighted by atomic mass is 16.2. The number of aryl methyl sites for hydroxylation is 1. The highest BCUT2D eigenvalue weighted by molar-refractivity contribution is 5.92. The zero-order valence-electron chi connectivity index (χ0n) is 10.4. The monoisotopic (exact) mass is 237 g/mol. The molecule has 17 heavy (non-hydrogen) atoms.